The van der Waals surface area contributed by atoms with E-state index in [-0.39, 0.29) is 25.4 Å². The average molecular weight is 322 g/mol. The second-order valence-corrected chi connectivity index (χ2v) is 5.77. The van der Waals surface area contributed by atoms with E-state index in [0.29, 0.717) is 30.4 Å². The minimum absolute atomic E-state index is 0.0564. The molecule has 0 aromatic carbocycles. The number of rotatable bonds is 4. The topological polar surface area (TPSA) is 42.4 Å². The smallest absolute Gasteiger partial charge is 0.393 e. The van der Waals surface area contributed by atoms with E-state index >= 15 is 0 Å². The molecule has 1 fully saturated rings. The molecule has 4 nitrogen and oxygen atoms in total. The molecule has 21 heavy (non-hydrogen) atoms. The van der Waals surface area contributed by atoms with Crippen LogP contribution in [0.1, 0.15) is 25.5 Å². The molecular formula is C13H17F3N2O2S. The van der Waals surface area contributed by atoms with Crippen molar-refractivity contribution in [3.63, 3.8) is 0 Å². The Labute approximate surface area is 124 Å². The summed E-state index contributed by atoms with van der Waals surface area (Å²) in [5.41, 5.74) is 0.544. The zero-order valence-electron chi connectivity index (χ0n) is 11.7. The highest BCUT2D eigenvalue weighted by Gasteiger charge is 2.42. The lowest BCUT2D eigenvalue weighted by Gasteiger charge is -2.33. The van der Waals surface area contributed by atoms with Gasteiger partial charge in [0.15, 0.2) is 5.13 Å². The molecule has 0 radical (unpaired) electrons. The Morgan fingerprint density at radius 2 is 2.33 bits per heavy atom. The summed E-state index contributed by atoms with van der Waals surface area (Å²) < 4.78 is 43.2. The molecule has 2 rings (SSSR count). The number of carbonyl (C=O) groups is 1. The summed E-state index contributed by atoms with van der Waals surface area (Å²) in [6.45, 7) is 2.53. The Bertz CT molecular complexity index is 490. The molecule has 1 aliphatic rings. The highest BCUT2D eigenvalue weighted by atomic mass is 32.1. The third-order valence-electron chi connectivity index (χ3n) is 3.33. The van der Waals surface area contributed by atoms with Gasteiger partial charge in [-0.1, -0.05) is 0 Å². The van der Waals surface area contributed by atoms with Gasteiger partial charge in [0.1, 0.15) is 0 Å². The number of esters is 1. The standard InChI is InChI=1S/C13H17F3N2O2S/c1-2-20-11(19)6-10-8-21-12(17-10)18-5-3-4-9(7-18)13(14,15)16/h8-9H,2-7H2,1H3. The first kappa shape index (κ1) is 16.1. The van der Waals surface area contributed by atoms with Crippen molar-refractivity contribution in [2.24, 2.45) is 5.92 Å². The fourth-order valence-corrected chi connectivity index (χ4v) is 3.16. The Kier molecular flexibility index (Phi) is 5.08. The van der Waals surface area contributed by atoms with Gasteiger partial charge in [-0.15, -0.1) is 11.3 Å². The highest BCUT2D eigenvalue weighted by molar-refractivity contribution is 7.13. The molecule has 1 aromatic rings. The Morgan fingerprint density at radius 3 is 3.00 bits per heavy atom. The predicted octanol–water partition coefficient (Wildman–Crippen LogP) is 3.03. The quantitative estimate of drug-likeness (QED) is 0.799. The van der Waals surface area contributed by atoms with Crippen LogP contribution in [0.4, 0.5) is 18.3 Å². The van der Waals surface area contributed by atoms with Crippen LogP contribution >= 0.6 is 11.3 Å². The summed E-state index contributed by atoms with van der Waals surface area (Å²) in [6, 6.07) is 0. The van der Waals surface area contributed by atoms with Gasteiger partial charge in [-0.25, -0.2) is 4.98 Å². The van der Waals surface area contributed by atoms with Gasteiger partial charge in [0, 0.05) is 18.5 Å². The maximum atomic E-state index is 12.8. The van der Waals surface area contributed by atoms with E-state index in [1.807, 2.05) is 0 Å². The van der Waals surface area contributed by atoms with Crippen LogP contribution in [0.2, 0.25) is 0 Å². The van der Waals surface area contributed by atoms with Crippen molar-refractivity contribution in [1.29, 1.82) is 0 Å². The van der Waals surface area contributed by atoms with Gasteiger partial charge < -0.3 is 9.64 Å². The summed E-state index contributed by atoms with van der Waals surface area (Å²) in [5.74, 6) is -1.68. The molecule has 0 saturated carbocycles. The zero-order valence-corrected chi connectivity index (χ0v) is 12.5. The van der Waals surface area contributed by atoms with Crippen LogP contribution < -0.4 is 4.90 Å². The number of thiazole rings is 1. The van der Waals surface area contributed by atoms with E-state index in [0.717, 1.165) is 0 Å². The number of hydrogen-bond acceptors (Lipinski definition) is 5. The highest BCUT2D eigenvalue weighted by Crippen LogP contribution is 2.35. The van der Waals surface area contributed by atoms with Gasteiger partial charge in [0.25, 0.3) is 0 Å². The minimum atomic E-state index is -4.16. The first-order valence-electron chi connectivity index (χ1n) is 6.82. The fraction of sp³-hybridized carbons (Fsp3) is 0.692. The summed E-state index contributed by atoms with van der Waals surface area (Å²) in [7, 11) is 0. The molecule has 0 N–H and O–H groups in total. The van der Waals surface area contributed by atoms with Crippen molar-refractivity contribution in [2.45, 2.75) is 32.4 Å². The van der Waals surface area contributed by atoms with Crippen LogP contribution in [0, 0.1) is 5.92 Å². The van der Waals surface area contributed by atoms with Crippen molar-refractivity contribution in [2.75, 3.05) is 24.6 Å². The molecule has 1 aliphatic heterocycles. The van der Waals surface area contributed by atoms with E-state index in [4.69, 9.17) is 4.74 Å². The number of aromatic nitrogens is 1. The molecule has 118 valence electrons. The van der Waals surface area contributed by atoms with Gasteiger partial charge in [-0.2, -0.15) is 13.2 Å². The number of halogens is 3. The second kappa shape index (κ2) is 6.64. The van der Waals surface area contributed by atoms with Gasteiger partial charge >= 0.3 is 12.1 Å². The van der Waals surface area contributed by atoms with Crippen molar-refractivity contribution in [3.8, 4) is 0 Å². The van der Waals surface area contributed by atoms with Crippen LogP contribution in [0.5, 0.6) is 0 Å². The van der Waals surface area contributed by atoms with Gasteiger partial charge in [0.2, 0.25) is 0 Å². The Hall–Kier alpha value is -1.31. The van der Waals surface area contributed by atoms with Crippen LogP contribution in [-0.2, 0) is 16.0 Å². The molecule has 2 heterocycles. The largest absolute Gasteiger partial charge is 0.466 e. The van der Waals surface area contributed by atoms with E-state index in [2.05, 4.69) is 4.98 Å². The number of ether oxygens (including phenoxy) is 1. The molecule has 1 atom stereocenters. The number of anilines is 1. The summed E-state index contributed by atoms with van der Waals surface area (Å²) in [6.07, 6.45) is -3.44. The number of hydrogen-bond donors (Lipinski definition) is 0. The maximum absolute atomic E-state index is 12.8. The third-order valence-corrected chi connectivity index (χ3v) is 4.28. The molecule has 0 amide bonds. The SMILES string of the molecule is CCOC(=O)Cc1csc(N2CCCC(C(F)(F)F)C2)n1. The monoisotopic (exact) mass is 322 g/mol. The summed E-state index contributed by atoms with van der Waals surface area (Å²) in [5, 5.41) is 2.24. The van der Waals surface area contributed by atoms with Crippen LogP contribution in [0.25, 0.3) is 0 Å². The van der Waals surface area contributed by atoms with Crippen LogP contribution in [-0.4, -0.2) is 36.8 Å². The predicted molar refractivity (Wildman–Crippen MR) is 73.4 cm³/mol. The van der Waals surface area contributed by atoms with Crippen molar-refractivity contribution in [3.05, 3.63) is 11.1 Å². The van der Waals surface area contributed by atoms with Crippen LogP contribution in [0.3, 0.4) is 0 Å². The first-order chi connectivity index (χ1) is 9.90. The normalized spacial score (nSPS) is 19.6. The van der Waals surface area contributed by atoms with Crippen molar-refractivity contribution < 1.29 is 22.7 Å². The molecular weight excluding hydrogens is 305 g/mol. The number of alkyl halides is 3. The lowest BCUT2D eigenvalue weighted by molar-refractivity contribution is -0.176. The molecule has 0 spiro atoms. The van der Waals surface area contributed by atoms with Gasteiger partial charge in [-0.05, 0) is 19.8 Å². The van der Waals surface area contributed by atoms with Gasteiger partial charge in [0.05, 0.1) is 24.6 Å². The maximum Gasteiger partial charge on any atom is 0.393 e. The fourth-order valence-electron chi connectivity index (χ4n) is 2.30. The zero-order chi connectivity index (χ0) is 15.5. The molecule has 1 saturated heterocycles. The lowest BCUT2D eigenvalue weighted by atomic mass is 9.98. The Morgan fingerprint density at radius 1 is 1.57 bits per heavy atom. The van der Waals surface area contributed by atoms with Crippen molar-refractivity contribution in [1.82, 2.24) is 4.98 Å². The lowest BCUT2D eigenvalue weighted by Crippen LogP contribution is -2.41. The van der Waals surface area contributed by atoms with Crippen LogP contribution in [0.15, 0.2) is 5.38 Å². The summed E-state index contributed by atoms with van der Waals surface area (Å²) >= 11 is 1.27. The van der Waals surface area contributed by atoms with Gasteiger partial charge in [-0.3, -0.25) is 4.79 Å². The molecule has 1 unspecified atom stereocenters. The summed E-state index contributed by atoms with van der Waals surface area (Å²) in [4.78, 5) is 17.3. The van der Waals surface area contributed by atoms with E-state index in [1.54, 1.807) is 17.2 Å². The number of carbonyl (C=O) groups excluding carboxylic acids is 1. The van der Waals surface area contributed by atoms with E-state index in [1.165, 1.54) is 11.3 Å². The third kappa shape index (κ3) is 4.33. The molecule has 0 aliphatic carbocycles. The Balaban J connectivity index is 1.99. The number of piperidine rings is 1. The second-order valence-electron chi connectivity index (χ2n) is 4.93. The molecule has 8 heteroatoms. The van der Waals surface area contributed by atoms with Crippen molar-refractivity contribution >= 4 is 22.4 Å². The molecule has 0 bridgehead atoms. The minimum Gasteiger partial charge on any atom is -0.466 e. The first-order valence-corrected chi connectivity index (χ1v) is 7.69. The average Bonchev–Trinajstić information content (AvgIpc) is 2.86. The van der Waals surface area contributed by atoms with E-state index < -0.39 is 12.1 Å². The molecule has 1 aromatic heterocycles. The number of nitrogens with zero attached hydrogens (tertiary/aromatic N) is 2. The van der Waals surface area contributed by atoms with E-state index in [9.17, 15) is 18.0 Å².